The van der Waals surface area contributed by atoms with Crippen molar-refractivity contribution in [2.45, 2.75) is 13.1 Å². The molecule has 2 aromatic carbocycles. The number of ether oxygens (including phenoxy) is 1. The maximum Gasteiger partial charge on any atom is 0.236 e. The maximum atomic E-state index is 12.7. The molecular formula is C24H30N6O2. The number of benzene rings is 2. The monoisotopic (exact) mass is 434 g/mol. The van der Waals surface area contributed by atoms with E-state index in [9.17, 15) is 4.79 Å². The minimum atomic E-state index is 0.106. The van der Waals surface area contributed by atoms with E-state index >= 15 is 0 Å². The predicted octanol–water partition coefficient (Wildman–Crippen LogP) is 2.00. The Balaban J connectivity index is 1.28. The highest BCUT2D eigenvalue weighted by atomic mass is 16.5. The Morgan fingerprint density at radius 1 is 1.03 bits per heavy atom. The highest BCUT2D eigenvalue weighted by Gasteiger charge is 2.22. The number of nitrogens with zero attached hydrogens (tertiary/aromatic N) is 5. The summed E-state index contributed by atoms with van der Waals surface area (Å²) in [5, 5.41) is 0.886. The van der Waals surface area contributed by atoms with Crippen LogP contribution in [0.5, 0.6) is 5.75 Å². The van der Waals surface area contributed by atoms with Gasteiger partial charge in [-0.25, -0.2) is 9.97 Å². The average molecular weight is 435 g/mol. The van der Waals surface area contributed by atoms with Crippen molar-refractivity contribution in [2.75, 3.05) is 52.6 Å². The van der Waals surface area contributed by atoms with Gasteiger partial charge in [-0.05, 0) is 18.2 Å². The van der Waals surface area contributed by atoms with Gasteiger partial charge >= 0.3 is 0 Å². The molecule has 1 aliphatic heterocycles. The molecular weight excluding hydrogens is 404 g/mol. The zero-order chi connectivity index (χ0) is 22.5. The zero-order valence-electron chi connectivity index (χ0n) is 18.7. The van der Waals surface area contributed by atoms with E-state index in [1.54, 1.807) is 12.0 Å². The maximum absolute atomic E-state index is 12.7. The van der Waals surface area contributed by atoms with Crippen LogP contribution in [0, 0.1) is 0 Å². The molecule has 1 amide bonds. The number of hydrogen-bond acceptors (Lipinski definition) is 7. The van der Waals surface area contributed by atoms with Gasteiger partial charge in [0.15, 0.2) is 0 Å². The molecule has 1 saturated heterocycles. The second kappa shape index (κ2) is 9.93. The summed E-state index contributed by atoms with van der Waals surface area (Å²) < 4.78 is 5.40. The molecule has 8 heteroatoms. The number of rotatable bonds is 7. The number of aromatic nitrogens is 2. The second-order valence-electron chi connectivity index (χ2n) is 8.16. The van der Waals surface area contributed by atoms with Gasteiger partial charge in [-0.1, -0.05) is 30.3 Å². The second-order valence-corrected chi connectivity index (χ2v) is 8.16. The first-order chi connectivity index (χ1) is 15.5. The lowest BCUT2D eigenvalue weighted by molar-refractivity contribution is -0.132. The van der Waals surface area contributed by atoms with Crippen molar-refractivity contribution in [1.82, 2.24) is 24.7 Å². The molecule has 4 rings (SSSR count). The molecule has 0 saturated carbocycles. The Bertz CT molecular complexity index is 1080. The van der Waals surface area contributed by atoms with Crippen LogP contribution in [-0.2, 0) is 17.9 Å². The summed E-state index contributed by atoms with van der Waals surface area (Å²) in [4.78, 5) is 28.2. The molecule has 0 radical (unpaired) electrons. The molecule has 32 heavy (non-hydrogen) atoms. The molecule has 0 bridgehead atoms. The van der Waals surface area contributed by atoms with Crippen molar-refractivity contribution in [3.05, 3.63) is 59.9 Å². The number of nitrogens with two attached hydrogens (primary N) is 1. The van der Waals surface area contributed by atoms with Crippen LogP contribution < -0.4 is 10.5 Å². The number of likely N-dealkylation sites (N-methyl/N-ethyl adjacent to an activating group) is 1. The summed E-state index contributed by atoms with van der Waals surface area (Å²) in [6.45, 7) is 4.99. The van der Waals surface area contributed by atoms with Crippen LogP contribution in [0.1, 0.15) is 11.4 Å². The van der Waals surface area contributed by atoms with Gasteiger partial charge in [-0.3, -0.25) is 14.6 Å². The third kappa shape index (κ3) is 5.15. The molecule has 1 fully saturated rings. The van der Waals surface area contributed by atoms with E-state index in [0.717, 1.165) is 54.2 Å². The first-order valence-electron chi connectivity index (χ1n) is 10.8. The summed E-state index contributed by atoms with van der Waals surface area (Å²) in [6.07, 6.45) is 0. The topological polar surface area (TPSA) is 87.8 Å². The van der Waals surface area contributed by atoms with E-state index in [1.165, 1.54) is 0 Å². The van der Waals surface area contributed by atoms with Crippen molar-refractivity contribution in [1.29, 1.82) is 0 Å². The summed E-state index contributed by atoms with van der Waals surface area (Å²) >= 11 is 0. The molecule has 0 unspecified atom stereocenters. The van der Waals surface area contributed by atoms with Crippen LogP contribution in [-0.4, -0.2) is 77.5 Å². The zero-order valence-corrected chi connectivity index (χ0v) is 18.7. The van der Waals surface area contributed by atoms with E-state index in [4.69, 9.17) is 10.5 Å². The smallest absolute Gasteiger partial charge is 0.236 e. The summed E-state index contributed by atoms with van der Waals surface area (Å²) in [7, 11) is 3.49. The lowest BCUT2D eigenvalue weighted by Gasteiger charge is -2.34. The molecule has 1 aliphatic rings. The Hall–Kier alpha value is -3.23. The fraction of sp³-hybridized carbons (Fsp3) is 0.375. The van der Waals surface area contributed by atoms with Gasteiger partial charge in [0.2, 0.25) is 5.91 Å². The van der Waals surface area contributed by atoms with Crippen molar-refractivity contribution >= 4 is 22.6 Å². The lowest BCUT2D eigenvalue weighted by Crippen LogP contribution is -2.49. The molecule has 3 aromatic rings. The molecule has 168 valence electrons. The number of carbonyl (C=O) groups is 1. The van der Waals surface area contributed by atoms with Crippen LogP contribution in [0.3, 0.4) is 0 Å². The number of methoxy groups -OCH3 is 1. The third-order valence-electron chi connectivity index (χ3n) is 5.89. The fourth-order valence-corrected chi connectivity index (χ4v) is 4.02. The Morgan fingerprint density at radius 2 is 1.72 bits per heavy atom. The van der Waals surface area contributed by atoms with Gasteiger partial charge in [-0.2, -0.15) is 0 Å². The average Bonchev–Trinajstić information content (AvgIpc) is 2.80. The van der Waals surface area contributed by atoms with Crippen molar-refractivity contribution in [3.63, 3.8) is 0 Å². The molecule has 0 spiro atoms. The largest absolute Gasteiger partial charge is 0.496 e. The SMILES string of the molecule is COc1ccccc1CN(C)C(=O)CN1CCN(Cc2nc(N)c3ccccc3n2)CC1. The number of para-hydroxylation sites is 2. The normalized spacial score (nSPS) is 15.1. The van der Waals surface area contributed by atoms with Gasteiger partial charge < -0.3 is 15.4 Å². The number of carbonyl (C=O) groups excluding carboxylic acids is 1. The standard InChI is InChI=1S/C24H30N6O2/c1-28(15-18-7-3-6-10-21(18)32-2)23(31)17-30-13-11-29(12-14-30)16-22-26-20-9-5-4-8-19(20)24(25)27-22/h3-10H,11-17H2,1-2H3,(H2,25,26,27). The molecule has 2 N–H and O–H groups in total. The van der Waals surface area contributed by atoms with E-state index < -0.39 is 0 Å². The van der Waals surface area contributed by atoms with Crippen LogP contribution in [0.25, 0.3) is 10.9 Å². The summed E-state index contributed by atoms with van der Waals surface area (Å²) in [6, 6.07) is 15.6. The Morgan fingerprint density at radius 3 is 2.50 bits per heavy atom. The number of nitrogen functional groups attached to an aromatic ring is 1. The molecule has 2 heterocycles. The Kier molecular flexibility index (Phi) is 6.82. The predicted molar refractivity (Wildman–Crippen MR) is 125 cm³/mol. The summed E-state index contributed by atoms with van der Waals surface area (Å²) in [5.41, 5.74) is 7.99. The fourth-order valence-electron chi connectivity index (χ4n) is 4.02. The van der Waals surface area contributed by atoms with E-state index in [0.29, 0.717) is 25.5 Å². The van der Waals surface area contributed by atoms with Gasteiger partial charge in [0.25, 0.3) is 0 Å². The van der Waals surface area contributed by atoms with Gasteiger partial charge in [0.05, 0.1) is 25.7 Å². The number of piperazine rings is 1. The third-order valence-corrected chi connectivity index (χ3v) is 5.89. The molecule has 0 atom stereocenters. The molecule has 1 aromatic heterocycles. The minimum Gasteiger partial charge on any atom is -0.496 e. The number of fused-ring (bicyclic) bond motifs is 1. The van der Waals surface area contributed by atoms with Crippen molar-refractivity contribution < 1.29 is 9.53 Å². The highest BCUT2D eigenvalue weighted by molar-refractivity contribution is 5.87. The van der Waals surface area contributed by atoms with Gasteiger partial charge in [0, 0.05) is 50.7 Å². The van der Waals surface area contributed by atoms with Gasteiger partial charge in [0.1, 0.15) is 17.4 Å². The van der Waals surface area contributed by atoms with E-state index in [-0.39, 0.29) is 5.91 Å². The first-order valence-corrected chi connectivity index (χ1v) is 10.8. The highest BCUT2D eigenvalue weighted by Crippen LogP contribution is 2.20. The molecule has 0 aliphatic carbocycles. The summed E-state index contributed by atoms with van der Waals surface area (Å²) in [5.74, 6) is 2.17. The Labute approximate surface area is 188 Å². The van der Waals surface area contributed by atoms with Crippen LogP contribution >= 0.6 is 0 Å². The van der Waals surface area contributed by atoms with Crippen LogP contribution in [0.2, 0.25) is 0 Å². The number of amides is 1. The van der Waals surface area contributed by atoms with Gasteiger partial charge in [-0.15, -0.1) is 0 Å². The van der Waals surface area contributed by atoms with E-state index in [2.05, 4.69) is 19.8 Å². The van der Waals surface area contributed by atoms with Crippen LogP contribution in [0.4, 0.5) is 5.82 Å². The lowest BCUT2D eigenvalue weighted by atomic mass is 10.2. The quantitative estimate of drug-likeness (QED) is 0.608. The van der Waals surface area contributed by atoms with Crippen molar-refractivity contribution in [2.24, 2.45) is 0 Å². The van der Waals surface area contributed by atoms with Crippen LogP contribution in [0.15, 0.2) is 48.5 Å². The van der Waals surface area contributed by atoms with Crippen molar-refractivity contribution in [3.8, 4) is 5.75 Å². The number of anilines is 1. The first kappa shape index (κ1) is 22.0. The molecule has 8 nitrogen and oxygen atoms in total. The number of hydrogen-bond donors (Lipinski definition) is 1. The minimum absolute atomic E-state index is 0.106. The van der Waals surface area contributed by atoms with E-state index in [1.807, 2.05) is 55.6 Å².